The Balaban J connectivity index is 1.19. The number of hydrogen-bond acceptors (Lipinski definition) is 2. The lowest BCUT2D eigenvalue weighted by Gasteiger charge is -2.24. The molecule has 0 N–H and O–H groups in total. The monoisotopic (exact) mass is 741 g/mol. The minimum Gasteiger partial charge on any atom is -0.275 e. The fourth-order valence-electron chi connectivity index (χ4n) is 9.40. The van der Waals surface area contributed by atoms with Gasteiger partial charge in [-0.3, -0.25) is 4.57 Å². The van der Waals surface area contributed by atoms with E-state index >= 15 is 0 Å². The Morgan fingerprint density at radius 3 is 1.45 bits per heavy atom. The van der Waals surface area contributed by atoms with Crippen LogP contribution >= 0.6 is 0 Å². The number of hydrogen-bond donors (Lipinski definition) is 0. The largest absolute Gasteiger partial charge is 0.275 e. The summed E-state index contributed by atoms with van der Waals surface area (Å²) in [6, 6.07) is 72.3. The van der Waals surface area contributed by atoms with Crippen LogP contribution in [0.15, 0.2) is 200 Å². The molecule has 0 unspecified atom stereocenters. The zero-order valence-corrected chi connectivity index (χ0v) is 32.4. The van der Waals surface area contributed by atoms with Crippen LogP contribution in [0.2, 0.25) is 0 Å². The van der Waals surface area contributed by atoms with E-state index in [4.69, 9.17) is 10.2 Å². The molecule has 1 heterocycles. The van der Waals surface area contributed by atoms with Gasteiger partial charge in [-0.2, -0.15) is 0 Å². The first kappa shape index (κ1) is 33.9. The highest BCUT2D eigenvalue weighted by Crippen LogP contribution is 2.54. The summed E-state index contributed by atoms with van der Waals surface area (Å²) in [6.45, 7) is 4.75. The molecule has 3 nitrogen and oxygen atoms in total. The maximum absolute atomic E-state index is 4.75. The number of nitrogens with zero attached hydrogens (tertiary/aromatic N) is 3. The molecule has 58 heavy (non-hydrogen) atoms. The number of fused-ring (bicyclic) bond motifs is 5. The van der Waals surface area contributed by atoms with Crippen molar-refractivity contribution in [1.29, 1.82) is 0 Å². The second kappa shape index (κ2) is 13.4. The van der Waals surface area contributed by atoms with Crippen molar-refractivity contribution in [3.8, 4) is 73.0 Å². The first-order valence-electron chi connectivity index (χ1n) is 20.0. The molecule has 1 aliphatic rings. The maximum atomic E-state index is 4.75. The highest BCUT2D eigenvalue weighted by atomic mass is 15.3. The van der Waals surface area contributed by atoms with E-state index in [1.165, 1.54) is 71.6 Å². The molecule has 0 fully saturated rings. The van der Waals surface area contributed by atoms with Crippen molar-refractivity contribution in [3.63, 3.8) is 0 Å². The van der Waals surface area contributed by atoms with Crippen LogP contribution in [0.5, 0.6) is 0 Å². The van der Waals surface area contributed by atoms with Crippen molar-refractivity contribution in [3.05, 3.63) is 211 Å². The van der Waals surface area contributed by atoms with Gasteiger partial charge in [-0.25, -0.2) is 0 Å². The van der Waals surface area contributed by atoms with E-state index in [1.807, 2.05) is 36.4 Å². The van der Waals surface area contributed by atoms with Crippen LogP contribution in [0.1, 0.15) is 25.0 Å². The smallest absolute Gasteiger partial charge is 0.168 e. The third kappa shape index (κ3) is 5.28. The minimum atomic E-state index is -0.143. The zero-order chi connectivity index (χ0) is 38.8. The van der Waals surface area contributed by atoms with E-state index in [1.54, 1.807) is 0 Å². The van der Waals surface area contributed by atoms with Gasteiger partial charge >= 0.3 is 0 Å². The molecule has 0 radical (unpaired) electrons. The van der Waals surface area contributed by atoms with Crippen LogP contribution in [-0.2, 0) is 5.41 Å². The average Bonchev–Trinajstić information content (AvgIpc) is 3.83. The molecule has 10 aromatic rings. The summed E-state index contributed by atoms with van der Waals surface area (Å²) in [7, 11) is 0. The quantitative estimate of drug-likeness (QED) is 0.159. The molecular weight excluding hydrogens is 703 g/mol. The Morgan fingerprint density at radius 2 is 0.828 bits per heavy atom. The normalized spacial score (nSPS) is 12.8. The van der Waals surface area contributed by atoms with E-state index in [0.717, 1.165) is 34.0 Å². The van der Waals surface area contributed by atoms with Crippen molar-refractivity contribution in [2.75, 3.05) is 0 Å². The van der Waals surface area contributed by atoms with E-state index in [0.29, 0.717) is 0 Å². The second-order valence-electron chi connectivity index (χ2n) is 15.8. The standard InChI is InChI=1S/C55H39N3/c1-55(2)49-29-17-16-25-42(49)46-34-47-48(35-50(46)55)52(43-26-13-12-24-41(43)36-18-6-3-7-19-36)45-28-15-14-27-44(45)51(47)37-30-32-40(33-31-37)58-53(38-20-8-4-9-21-38)56-57-54(58)39-22-10-5-11-23-39/h3-35H,1-2H3. The summed E-state index contributed by atoms with van der Waals surface area (Å²) in [5, 5.41) is 14.5. The molecule has 0 saturated carbocycles. The molecule has 274 valence electrons. The fraction of sp³-hybridized carbons (Fsp3) is 0.0545. The molecule has 9 aromatic carbocycles. The Morgan fingerprint density at radius 1 is 0.345 bits per heavy atom. The second-order valence-corrected chi connectivity index (χ2v) is 15.8. The molecule has 0 amide bonds. The minimum absolute atomic E-state index is 0.143. The lowest BCUT2D eigenvalue weighted by molar-refractivity contribution is 0.661. The van der Waals surface area contributed by atoms with Crippen molar-refractivity contribution < 1.29 is 0 Å². The first-order chi connectivity index (χ1) is 28.6. The maximum Gasteiger partial charge on any atom is 0.168 e. The molecule has 0 bridgehead atoms. The molecular formula is C55H39N3. The van der Waals surface area contributed by atoms with Gasteiger partial charge in [0, 0.05) is 22.2 Å². The zero-order valence-electron chi connectivity index (χ0n) is 32.4. The van der Waals surface area contributed by atoms with Crippen LogP contribution in [0.25, 0.3) is 94.5 Å². The molecule has 0 spiro atoms. The molecule has 1 aromatic heterocycles. The number of rotatable bonds is 6. The van der Waals surface area contributed by atoms with Crippen LogP contribution in [0.4, 0.5) is 0 Å². The van der Waals surface area contributed by atoms with Gasteiger partial charge in [0.15, 0.2) is 11.6 Å². The van der Waals surface area contributed by atoms with Crippen molar-refractivity contribution in [1.82, 2.24) is 14.8 Å². The summed E-state index contributed by atoms with van der Waals surface area (Å²) >= 11 is 0. The van der Waals surface area contributed by atoms with E-state index in [9.17, 15) is 0 Å². The average molecular weight is 742 g/mol. The predicted octanol–water partition coefficient (Wildman–Crippen LogP) is 14.2. The Kier molecular flexibility index (Phi) is 7.84. The van der Waals surface area contributed by atoms with E-state index in [2.05, 4.69) is 182 Å². The van der Waals surface area contributed by atoms with Gasteiger partial charge in [0.25, 0.3) is 0 Å². The SMILES string of the molecule is CC1(C)c2ccccc2-c2cc3c(-c4ccc(-n5c(-c6ccccc6)nnc5-c5ccccc5)cc4)c4ccccc4c(-c4ccccc4-c4ccccc4)c3cc21. The van der Waals surface area contributed by atoms with Gasteiger partial charge in [0.05, 0.1) is 0 Å². The fourth-order valence-corrected chi connectivity index (χ4v) is 9.40. The van der Waals surface area contributed by atoms with Gasteiger partial charge < -0.3 is 0 Å². The van der Waals surface area contributed by atoms with Gasteiger partial charge in [0.2, 0.25) is 0 Å². The topological polar surface area (TPSA) is 30.7 Å². The molecule has 3 heteroatoms. The van der Waals surface area contributed by atoms with Crippen molar-refractivity contribution >= 4 is 21.5 Å². The summed E-state index contributed by atoms with van der Waals surface area (Å²) in [4.78, 5) is 0. The summed E-state index contributed by atoms with van der Waals surface area (Å²) in [5.41, 5.74) is 15.6. The third-order valence-electron chi connectivity index (χ3n) is 12.1. The first-order valence-corrected chi connectivity index (χ1v) is 20.0. The summed E-state index contributed by atoms with van der Waals surface area (Å²) in [6.07, 6.45) is 0. The molecule has 11 rings (SSSR count). The Bertz CT molecular complexity index is 3100. The Labute approximate surface area is 338 Å². The van der Waals surface area contributed by atoms with Crippen LogP contribution in [0.3, 0.4) is 0 Å². The van der Waals surface area contributed by atoms with Crippen LogP contribution in [-0.4, -0.2) is 14.8 Å². The van der Waals surface area contributed by atoms with Crippen LogP contribution < -0.4 is 0 Å². The summed E-state index contributed by atoms with van der Waals surface area (Å²) < 4.78 is 2.18. The molecule has 1 aliphatic carbocycles. The van der Waals surface area contributed by atoms with Crippen molar-refractivity contribution in [2.24, 2.45) is 0 Å². The van der Waals surface area contributed by atoms with Crippen molar-refractivity contribution in [2.45, 2.75) is 19.3 Å². The lowest BCUT2D eigenvalue weighted by Crippen LogP contribution is -2.14. The van der Waals surface area contributed by atoms with Gasteiger partial charge in [-0.1, -0.05) is 190 Å². The number of aromatic nitrogens is 3. The van der Waals surface area contributed by atoms with E-state index < -0.39 is 0 Å². The lowest BCUT2D eigenvalue weighted by atomic mass is 9.79. The predicted molar refractivity (Wildman–Crippen MR) is 241 cm³/mol. The van der Waals surface area contributed by atoms with E-state index in [-0.39, 0.29) is 5.41 Å². The molecule has 0 aliphatic heterocycles. The van der Waals surface area contributed by atoms with Gasteiger partial charge in [0.1, 0.15) is 0 Å². The Hall–Kier alpha value is -7.36. The third-order valence-corrected chi connectivity index (χ3v) is 12.1. The highest BCUT2D eigenvalue weighted by Gasteiger charge is 2.36. The van der Waals surface area contributed by atoms with Gasteiger partial charge in [-0.05, 0) is 101 Å². The number of benzene rings is 9. The van der Waals surface area contributed by atoms with Crippen LogP contribution in [0, 0.1) is 0 Å². The molecule has 0 saturated heterocycles. The summed E-state index contributed by atoms with van der Waals surface area (Å²) in [5.74, 6) is 1.61. The van der Waals surface area contributed by atoms with Gasteiger partial charge in [-0.15, -0.1) is 10.2 Å². The molecule has 0 atom stereocenters. The highest BCUT2D eigenvalue weighted by molar-refractivity contribution is 6.23.